The number of rotatable bonds is 4. The molecule has 4 aliphatic carbocycles. The van der Waals surface area contributed by atoms with Crippen molar-refractivity contribution >= 4 is 11.8 Å². The Bertz CT molecular complexity index is 489. The standard InChI is InChI=1S/C15H22N4O/c20-12-3-1-2-11(6-12)17-14-16-5-4-13(18-14)19-15-7-10(8-15)9-15/h4-5,10-12,20H,1-3,6-9H2,(H2,16,17,18,19)/t10?,11-,12+,15?/m1/s1. The third kappa shape index (κ3) is 2.24. The summed E-state index contributed by atoms with van der Waals surface area (Å²) in [5.41, 5.74) is 0.345. The molecule has 5 rings (SSSR count). The summed E-state index contributed by atoms with van der Waals surface area (Å²) in [6.07, 6.45) is 9.41. The maximum absolute atomic E-state index is 9.72. The first-order chi connectivity index (χ1) is 9.71. The third-order valence-corrected chi connectivity index (χ3v) is 5.07. The van der Waals surface area contributed by atoms with E-state index in [-0.39, 0.29) is 6.10 Å². The average molecular weight is 274 g/mol. The van der Waals surface area contributed by atoms with E-state index in [0.29, 0.717) is 17.5 Å². The molecule has 0 amide bonds. The summed E-state index contributed by atoms with van der Waals surface area (Å²) in [5.74, 6) is 2.57. The van der Waals surface area contributed by atoms with Crippen LogP contribution in [-0.4, -0.2) is 32.8 Å². The lowest BCUT2D eigenvalue weighted by molar-refractivity contribution is 0.00181. The highest BCUT2D eigenvalue weighted by Crippen LogP contribution is 2.58. The highest BCUT2D eigenvalue weighted by Gasteiger charge is 2.56. The van der Waals surface area contributed by atoms with Crippen LogP contribution in [0.2, 0.25) is 0 Å². The lowest BCUT2D eigenvalue weighted by Gasteiger charge is -2.62. The minimum Gasteiger partial charge on any atom is -0.393 e. The van der Waals surface area contributed by atoms with Crippen LogP contribution in [0.3, 0.4) is 0 Å². The fourth-order valence-electron chi connectivity index (χ4n) is 3.88. The van der Waals surface area contributed by atoms with Crippen LogP contribution in [-0.2, 0) is 0 Å². The van der Waals surface area contributed by atoms with Gasteiger partial charge in [0.15, 0.2) is 0 Å². The van der Waals surface area contributed by atoms with Gasteiger partial charge in [-0.2, -0.15) is 4.98 Å². The molecule has 108 valence electrons. The van der Waals surface area contributed by atoms with Gasteiger partial charge in [-0.25, -0.2) is 4.98 Å². The predicted octanol–water partition coefficient (Wildman–Crippen LogP) is 2.16. The zero-order chi connectivity index (χ0) is 13.6. The molecule has 0 aromatic carbocycles. The van der Waals surface area contributed by atoms with E-state index in [1.54, 1.807) is 0 Å². The topological polar surface area (TPSA) is 70.1 Å². The van der Waals surface area contributed by atoms with Gasteiger partial charge in [-0.05, 0) is 56.9 Å². The molecule has 20 heavy (non-hydrogen) atoms. The fourth-order valence-corrected chi connectivity index (χ4v) is 3.88. The van der Waals surface area contributed by atoms with Crippen LogP contribution in [0.25, 0.3) is 0 Å². The molecule has 0 saturated heterocycles. The van der Waals surface area contributed by atoms with Gasteiger partial charge in [0.25, 0.3) is 0 Å². The minimum absolute atomic E-state index is 0.177. The van der Waals surface area contributed by atoms with E-state index in [1.807, 2.05) is 12.3 Å². The molecule has 5 heteroatoms. The molecule has 2 atom stereocenters. The van der Waals surface area contributed by atoms with Crippen LogP contribution in [0.4, 0.5) is 11.8 Å². The summed E-state index contributed by atoms with van der Waals surface area (Å²) in [6.45, 7) is 0. The smallest absolute Gasteiger partial charge is 0.224 e. The lowest BCUT2D eigenvalue weighted by atomic mass is 9.50. The SMILES string of the molecule is O[C@H]1CCC[C@@H](Nc2nccc(NC34CC(C3)C4)n2)C1. The Labute approximate surface area is 119 Å². The van der Waals surface area contributed by atoms with E-state index in [4.69, 9.17) is 0 Å². The number of nitrogens with one attached hydrogen (secondary N) is 2. The lowest BCUT2D eigenvalue weighted by Crippen LogP contribution is -2.63. The number of aromatic nitrogens is 2. The van der Waals surface area contributed by atoms with Gasteiger partial charge >= 0.3 is 0 Å². The molecule has 0 spiro atoms. The summed E-state index contributed by atoms with van der Waals surface area (Å²) in [7, 11) is 0. The van der Waals surface area contributed by atoms with E-state index in [2.05, 4.69) is 20.6 Å². The third-order valence-electron chi connectivity index (χ3n) is 5.07. The van der Waals surface area contributed by atoms with Crippen molar-refractivity contribution in [3.05, 3.63) is 12.3 Å². The Balaban J connectivity index is 1.40. The maximum Gasteiger partial charge on any atom is 0.224 e. The van der Waals surface area contributed by atoms with Gasteiger partial charge in [0, 0.05) is 17.8 Å². The monoisotopic (exact) mass is 274 g/mol. The molecule has 3 N–H and O–H groups in total. The quantitative estimate of drug-likeness (QED) is 0.785. The zero-order valence-electron chi connectivity index (χ0n) is 11.7. The highest BCUT2D eigenvalue weighted by atomic mass is 16.3. The molecule has 1 aromatic heterocycles. The van der Waals surface area contributed by atoms with Crippen molar-refractivity contribution < 1.29 is 5.11 Å². The Hall–Kier alpha value is -1.36. The molecule has 0 radical (unpaired) electrons. The second-order valence-corrected chi connectivity index (χ2v) is 6.81. The summed E-state index contributed by atoms with van der Waals surface area (Å²) >= 11 is 0. The minimum atomic E-state index is -0.177. The van der Waals surface area contributed by atoms with Crippen molar-refractivity contribution in [3.63, 3.8) is 0 Å². The van der Waals surface area contributed by atoms with Crippen LogP contribution >= 0.6 is 0 Å². The Morgan fingerprint density at radius 1 is 1.25 bits per heavy atom. The summed E-state index contributed by atoms with van der Waals surface area (Å²) in [4.78, 5) is 8.87. The first kappa shape index (κ1) is 12.4. The van der Waals surface area contributed by atoms with Gasteiger partial charge in [-0.3, -0.25) is 0 Å². The molecular weight excluding hydrogens is 252 g/mol. The molecule has 1 aromatic rings. The molecule has 4 fully saturated rings. The average Bonchev–Trinajstić information content (AvgIpc) is 2.33. The van der Waals surface area contributed by atoms with Gasteiger partial charge < -0.3 is 15.7 Å². The number of aliphatic hydroxyl groups excluding tert-OH is 1. The van der Waals surface area contributed by atoms with Crippen LogP contribution in [0.1, 0.15) is 44.9 Å². The Kier molecular flexibility index (Phi) is 2.84. The molecule has 5 nitrogen and oxygen atoms in total. The molecule has 4 aliphatic rings. The summed E-state index contributed by atoms with van der Waals surface area (Å²) in [5, 5.41) is 16.6. The van der Waals surface area contributed by atoms with E-state index in [9.17, 15) is 5.11 Å². The van der Waals surface area contributed by atoms with Crippen molar-refractivity contribution in [2.75, 3.05) is 10.6 Å². The molecule has 1 heterocycles. The van der Waals surface area contributed by atoms with E-state index >= 15 is 0 Å². The number of aliphatic hydroxyl groups is 1. The Morgan fingerprint density at radius 2 is 2.10 bits per heavy atom. The van der Waals surface area contributed by atoms with Gasteiger partial charge in [0.05, 0.1) is 6.10 Å². The first-order valence-electron chi connectivity index (χ1n) is 7.77. The van der Waals surface area contributed by atoms with Crippen LogP contribution in [0.15, 0.2) is 12.3 Å². The van der Waals surface area contributed by atoms with Crippen molar-refractivity contribution in [2.45, 2.75) is 62.6 Å². The fraction of sp³-hybridized carbons (Fsp3) is 0.733. The predicted molar refractivity (Wildman–Crippen MR) is 77.6 cm³/mol. The van der Waals surface area contributed by atoms with Crippen LogP contribution in [0, 0.1) is 5.92 Å². The molecule has 4 saturated carbocycles. The van der Waals surface area contributed by atoms with Gasteiger partial charge in [0.2, 0.25) is 5.95 Å². The molecular formula is C15H22N4O. The summed E-state index contributed by atoms with van der Waals surface area (Å²) < 4.78 is 0. The first-order valence-corrected chi connectivity index (χ1v) is 7.77. The van der Waals surface area contributed by atoms with Crippen molar-refractivity contribution in [1.29, 1.82) is 0 Å². The summed E-state index contributed by atoms with van der Waals surface area (Å²) in [6, 6.07) is 2.24. The maximum atomic E-state index is 9.72. The largest absolute Gasteiger partial charge is 0.393 e. The molecule has 2 bridgehead atoms. The molecule has 0 aliphatic heterocycles. The van der Waals surface area contributed by atoms with Gasteiger partial charge in [-0.1, -0.05) is 0 Å². The van der Waals surface area contributed by atoms with E-state index < -0.39 is 0 Å². The van der Waals surface area contributed by atoms with Crippen LogP contribution in [0.5, 0.6) is 0 Å². The van der Waals surface area contributed by atoms with E-state index in [0.717, 1.165) is 37.4 Å². The van der Waals surface area contributed by atoms with Gasteiger partial charge in [-0.15, -0.1) is 0 Å². The molecule has 0 unspecified atom stereocenters. The number of nitrogens with zero attached hydrogens (tertiary/aromatic N) is 2. The van der Waals surface area contributed by atoms with Crippen LogP contribution < -0.4 is 10.6 Å². The van der Waals surface area contributed by atoms with Crippen molar-refractivity contribution in [2.24, 2.45) is 5.92 Å². The van der Waals surface area contributed by atoms with Crippen molar-refractivity contribution in [1.82, 2.24) is 9.97 Å². The number of anilines is 2. The second-order valence-electron chi connectivity index (χ2n) is 6.81. The van der Waals surface area contributed by atoms with E-state index in [1.165, 1.54) is 19.3 Å². The number of hydrogen-bond donors (Lipinski definition) is 3. The Morgan fingerprint density at radius 3 is 2.80 bits per heavy atom. The highest BCUT2D eigenvalue weighted by molar-refractivity contribution is 5.45. The normalized spacial score (nSPS) is 38.5. The number of hydrogen-bond acceptors (Lipinski definition) is 5. The van der Waals surface area contributed by atoms with Crippen molar-refractivity contribution in [3.8, 4) is 0 Å². The zero-order valence-corrected chi connectivity index (χ0v) is 11.7. The second kappa shape index (κ2) is 4.58. The van der Waals surface area contributed by atoms with Gasteiger partial charge in [0.1, 0.15) is 5.82 Å².